The topological polar surface area (TPSA) is 49.0 Å². The molecule has 0 spiro atoms. The van der Waals surface area contributed by atoms with E-state index in [9.17, 15) is 4.79 Å². The lowest BCUT2D eigenvalue weighted by molar-refractivity contribution is 0.0866. The van der Waals surface area contributed by atoms with Crippen LogP contribution in [-0.2, 0) is 6.54 Å². The number of rotatable bonds is 5. The van der Waals surface area contributed by atoms with Crippen LogP contribution in [0.4, 0.5) is 0 Å². The first-order valence-corrected chi connectivity index (χ1v) is 10.5. The van der Waals surface area contributed by atoms with Gasteiger partial charge in [-0.1, -0.05) is 48.5 Å². The van der Waals surface area contributed by atoms with Gasteiger partial charge in [0.25, 0.3) is 0 Å². The van der Waals surface area contributed by atoms with Crippen LogP contribution in [-0.4, -0.2) is 27.2 Å². The van der Waals surface area contributed by atoms with Crippen LogP contribution < -0.4 is 0 Å². The molecule has 0 aliphatic carbocycles. The highest BCUT2D eigenvalue weighted by molar-refractivity contribution is 7.12. The van der Waals surface area contributed by atoms with Gasteiger partial charge in [0.05, 0.1) is 28.9 Å². The minimum Gasteiger partial charge on any atom is -0.370 e. The van der Waals surface area contributed by atoms with Crippen molar-refractivity contribution in [3.8, 4) is 0 Å². The van der Waals surface area contributed by atoms with E-state index >= 15 is 0 Å². The van der Waals surface area contributed by atoms with Crippen molar-refractivity contribution in [2.45, 2.75) is 13.5 Å². The van der Waals surface area contributed by atoms with Crippen molar-refractivity contribution >= 4 is 33.5 Å². The number of aromatic amines is 1. The zero-order chi connectivity index (χ0) is 19.8. The molecule has 144 valence electrons. The Morgan fingerprint density at radius 2 is 2.03 bits per heavy atom. The maximum Gasteiger partial charge on any atom is 0.184 e. The van der Waals surface area contributed by atoms with Gasteiger partial charge < -0.3 is 9.88 Å². The van der Waals surface area contributed by atoms with Crippen molar-refractivity contribution < 1.29 is 4.79 Å². The van der Waals surface area contributed by atoms with Gasteiger partial charge in [-0.15, -0.1) is 11.3 Å². The predicted molar refractivity (Wildman–Crippen MR) is 118 cm³/mol. The van der Waals surface area contributed by atoms with Crippen LogP contribution in [0.2, 0.25) is 0 Å². The number of aromatic nitrogens is 2. The largest absolute Gasteiger partial charge is 0.370 e. The Morgan fingerprint density at radius 1 is 1.17 bits per heavy atom. The number of H-pyrrole nitrogens is 1. The molecule has 1 aliphatic heterocycles. The molecule has 3 heterocycles. The second-order valence-electron chi connectivity index (χ2n) is 7.69. The maximum atomic E-state index is 13.6. The molecular weight excluding hydrogens is 378 g/mol. The van der Waals surface area contributed by atoms with E-state index in [2.05, 4.69) is 70.5 Å². The number of nitrogens with one attached hydrogen (secondary N) is 1. The van der Waals surface area contributed by atoms with E-state index in [0.29, 0.717) is 13.1 Å². The summed E-state index contributed by atoms with van der Waals surface area (Å²) in [6.07, 6.45) is 5.69. The Hall–Kier alpha value is -3.18. The Kier molecular flexibility index (Phi) is 4.32. The SMILES string of the molecule is CC1(C(=O)c2cccs2)CN(Cc2cnc[nH]2)C=C1c1cccc2ccccc12. The smallest absolute Gasteiger partial charge is 0.184 e. The number of thiophene rings is 1. The molecule has 0 bridgehead atoms. The lowest BCUT2D eigenvalue weighted by Crippen LogP contribution is -2.34. The van der Waals surface area contributed by atoms with E-state index in [-0.39, 0.29) is 5.78 Å². The van der Waals surface area contributed by atoms with E-state index in [1.807, 2.05) is 23.7 Å². The van der Waals surface area contributed by atoms with E-state index in [1.165, 1.54) is 22.1 Å². The van der Waals surface area contributed by atoms with Gasteiger partial charge in [0.2, 0.25) is 0 Å². The molecular formula is C24H21N3OS. The fraction of sp³-hybridized carbons (Fsp3) is 0.167. The monoisotopic (exact) mass is 399 g/mol. The highest BCUT2D eigenvalue weighted by Crippen LogP contribution is 2.46. The van der Waals surface area contributed by atoms with Crippen LogP contribution in [0.25, 0.3) is 16.3 Å². The molecule has 2 aromatic heterocycles. The third kappa shape index (κ3) is 3.08. The highest BCUT2D eigenvalue weighted by atomic mass is 32.1. The predicted octanol–water partition coefficient (Wildman–Crippen LogP) is 5.37. The first-order valence-electron chi connectivity index (χ1n) is 9.65. The zero-order valence-corrected chi connectivity index (χ0v) is 16.9. The summed E-state index contributed by atoms with van der Waals surface area (Å²) in [7, 11) is 0. The summed E-state index contributed by atoms with van der Waals surface area (Å²) >= 11 is 1.51. The molecule has 5 heteroatoms. The van der Waals surface area contributed by atoms with E-state index < -0.39 is 5.41 Å². The lowest BCUT2D eigenvalue weighted by atomic mass is 9.75. The number of carbonyl (C=O) groups excluding carboxylic acids is 1. The summed E-state index contributed by atoms with van der Waals surface area (Å²) < 4.78 is 0. The first kappa shape index (κ1) is 17.9. The molecule has 0 saturated heterocycles. The summed E-state index contributed by atoms with van der Waals surface area (Å²) in [6.45, 7) is 3.42. The molecule has 29 heavy (non-hydrogen) atoms. The van der Waals surface area contributed by atoms with Gasteiger partial charge in [-0.2, -0.15) is 0 Å². The molecule has 0 amide bonds. The van der Waals surface area contributed by atoms with Gasteiger partial charge in [0.1, 0.15) is 0 Å². The van der Waals surface area contributed by atoms with Crippen LogP contribution >= 0.6 is 11.3 Å². The standard InChI is InChI=1S/C24H21N3OS/c1-24(23(28)22-10-5-11-29-22)15-27(13-18-12-25-16-26-18)14-21(24)20-9-4-7-17-6-2-3-8-19(17)20/h2-12,14,16H,13,15H2,1H3,(H,25,26). The van der Waals surface area contributed by atoms with Crippen LogP contribution in [0.5, 0.6) is 0 Å². The molecule has 1 atom stereocenters. The summed E-state index contributed by atoms with van der Waals surface area (Å²) in [5.74, 6) is 0.179. The normalized spacial score (nSPS) is 18.9. The number of nitrogens with zero attached hydrogens (tertiary/aromatic N) is 2. The molecule has 4 aromatic rings. The maximum absolute atomic E-state index is 13.6. The first-order chi connectivity index (χ1) is 14.1. The third-order valence-electron chi connectivity index (χ3n) is 5.68. The second kappa shape index (κ2) is 7.01. The third-order valence-corrected chi connectivity index (χ3v) is 6.55. The molecule has 1 unspecified atom stereocenters. The lowest BCUT2D eigenvalue weighted by Gasteiger charge is -2.28. The minimum absolute atomic E-state index is 0.179. The zero-order valence-electron chi connectivity index (χ0n) is 16.1. The number of imidazole rings is 1. The molecule has 0 saturated carbocycles. The number of Topliss-reactive ketones (excluding diaryl/α,β-unsaturated/α-hetero) is 1. The highest BCUT2D eigenvalue weighted by Gasteiger charge is 2.44. The quantitative estimate of drug-likeness (QED) is 0.459. The number of fused-ring (bicyclic) bond motifs is 1. The van der Waals surface area contributed by atoms with Gasteiger partial charge in [-0.05, 0) is 40.3 Å². The van der Waals surface area contributed by atoms with Gasteiger partial charge in [0.15, 0.2) is 5.78 Å². The number of carbonyl (C=O) groups is 1. The van der Waals surface area contributed by atoms with Crippen LogP contribution in [0, 0.1) is 5.41 Å². The van der Waals surface area contributed by atoms with Gasteiger partial charge in [-0.25, -0.2) is 4.98 Å². The van der Waals surface area contributed by atoms with Crippen molar-refractivity contribution in [2.75, 3.05) is 6.54 Å². The van der Waals surface area contributed by atoms with Crippen LogP contribution in [0.3, 0.4) is 0 Å². The van der Waals surface area contributed by atoms with Crippen molar-refractivity contribution in [3.05, 3.63) is 94.8 Å². The summed E-state index contributed by atoms with van der Waals surface area (Å²) in [5.41, 5.74) is 2.62. The number of benzene rings is 2. The molecule has 5 rings (SSSR count). The summed E-state index contributed by atoms with van der Waals surface area (Å²) in [4.78, 5) is 23.9. The Labute approximate surface area is 173 Å². The molecule has 1 aliphatic rings. The van der Waals surface area contributed by atoms with E-state index in [4.69, 9.17) is 0 Å². The minimum atomic E-state index is -0.616. The van der Waals surface area contributed by atoms with Crippen molar-refractivity contribution in [1.82, 2.24) is 14.9 Å². The second-order valence-corrected chi connectivity index (χ2v) is 8.64. The average Bonchev–Trinajstić information content (AvgIpc) is 3.49. The number of hydrogen-bond acceptors (Lipinski definition) is 4. The van der Waals surface area contributed by atoms with E-state index in [1.54, 1.807) is 6.33 Å². The fourth-order valence-electron chi connectivity index (χ4n) is 4.25. The molecule has 2 aromatic carbocycles. The molecule has 1 N–H and O–H groups in total. The van der Waals surface area contributed by atoms with Crippen LogP contribution in [0.15, 0.2) is 78.7 Å². The Bertz CT molecular complexity index is 1190. The van der Waals surface area contributed by atoms with Gasteiger partial charge in [-0.3, -0.25) is 4.79 Å². The van der Waals surface area contributed by atoms with Crippen molar-refractivity contribution in [1.29, 1.82) is 0 Å². The Balaban J connectivity index is 1.63. The van der Waals surface area contributed by atoms with Crippen LogP contribution in [0.1, 0.15) is 27.9 Å². The summed E-state index contributed by atoms with van der Waals surface area (Å²) in [5, 5.41) is 4.33. The average molecular weight is 400 g/mol. The molecule has 4 nitrogen and oxygen atoms in total. The number of hydrogen-bond donors (Lipinski definition) is 1. The Morgan fingerprint density at radius 3 is 2.83 bits per heavy atom. The summed E-state index contributed by atoms with van der Waals surface area (Å²) in [6, 6.07) is 18.6. The van der Waals surface area contributed by atoms with Gasteiger partial charge >= 0.3 is 0 Å². The number of ketones is 1. The van der Waals surface area contributed by atoms with Gasteiger partial charge in [0, 0.05) is 18.9 Å². The van der Waals surface area contributed by atoms with Crippen molar-refractivity contribution in [3.63, 3.8) is 0 Å². The van der Waals surface area contributed by atoms with E-state index in [0.717, 1.165) is 21.7 Å². The van der Waals surface area contributed by atoms with Crippen molar-refractivity contribution in [2.24, 2.45) is 5.41 Å². The molecule has 0 fully saturated rings. The fourth-order valence-corrected chi connectivity index (χ4v) is 5.05. The molecule has 0 radical (unpaired) electrons.